The summed E-state index contributed by atoms with van der Waals surface area (Å²) in [7, 11) is 0. The zero-order chi connectivity index (χ0) is 21.8. The van der Waals surface area contributed by atoms with Crippen LogP contribution in [-0.4, -0.2) is 56.4 Å². The quantitative estimate of drug-likeness (QED) is 0.714. The first kappa shape index (κ1) is 21.1. The number of hydrogen-bond donors (Lipinski definition) is 2. The molecule has 2 N–H and O–H groups in total. The van der Waals surface area contributed by atoms with Gasteiger partial charge in [-0.15, -0.1) is 0 Å². The van der Waals surface area contributed by atoms with Gasteiger partial charge in [-0.05, 0) is 54.8 Å². The van der Waals surface area contributed by atoms with Crippen molar-refractivity contribution in [2.24, 2.45) is 0 Å². The summed E-state index contributed by atoms with van der Waals surface area (Å²) in [6.07, 6.45) is 0. The molecule has 2 aliphatic rings. The van der Waals surface area contributed by atoms with Crippen LogP contribution in [0.15, 0.2) is 36.4 Å². The summed E-state index contributed by atoms with van der Waals surface area (Å²) in [5, 5.41) is 5.47. The van der Waals surface area contributed by atoms with Crippen molar-refractivity contribution in [2.75, 3.05) is 45.0 Å². The number of anilines is 1. The molecule has 0 aromatic heterocycles. The summed E-state index contributed by atoms with van der Waals surface area (Å²) in [4.78, 5) is 27.2. The lowest BCUT2D eigenvalue weighted by Gasteiger charge is -2.34. The van der Waals surface area contributed by atoms with Gasteiger partial charge in [-0.25, -0.2) is 0 Å². The number of fused-ring (bicyclic) bond motifs is 1. The molecule has 4 rings (SSSR count). The van der Waals surface area contributed by atoms with Gasteiger partial charge in [0.2, 0.25) is 6.79 Å². The first-order valence-electron chi connectivity index (χ1n) is 10.4. The molecular weight excluding hydrogens is 398 g/mol. The van der Waals surface area contributed by atoms with E-state index < -0.39 is 11.8 Å². The molecule has 8 nitrogen and oxygen atoms in total. The summed E-state index contributed by atoms with van der Waals surface area (Å²) in [6.45, 7) is 7.12. The van der Waals surface area contributed by atoms with Crippen LogP contribution in [0.2, 0.25) is 0 Å². The molecule has 0 aliphatic carbocycles. The summed E-state index contributed by atoms with van der Waals surface area (Å²) < 4.78 is 16.4. The second kappa shape index (κ2) is 9.36. The number of rotatable bonds is 5. The maximum absolute atomic E-state index is 12.5. The van der Waals surface area contributed by atoms with Crippen LogP contribution in [0.4, 0.5) is 5.69 Å². The Hall–Kier alpha value is -3.10. The second-order valence-corrected chi connectivity index (χ2v) is 7.82. The Morgan fingerprint density at radius 1 is 0.968 bits per heavy atom. The fraction of sp³-hybridized carbons (Fsp3) is 0.391. The van der Waals surface area contributed by atoms with Crippen molar-refractivity contribution in [3.8, 4) is 11.5 Å². The number of hydrogen-bond acceptors (Lipinski definition) is 6. The molecule has 0 bridgehead atoms. The molecule has 0 saturated carbocycles. The Balaban J connectivity index is 1.44. The van der Waals surface area contributed by atoms with E-state index >= 15 is 0 Å². The Morgan fingerprint density at radius 3 is 2.42 bits per heavy atom. The lowest BCUT2D eigenvalue weighted by atomic mass is 10.0. The van der Waals surface area contributed by atoms with Crippen LogP contribution in [0.25, 0.3) is 0 Å². The number of ether oxygens (including phenoxy) is 3. The van der Waals surface area contributed by atoms with Crippen molar-refractivity contribution < 1.29 is 23.8 Å². The molecule has 2 aromatic rings. The van der Waals surface area contributed by atoms with Crippen LogP contribution < -0.4 is 20.1 Å². The molecule has 1 fully saturated rings. The van der Waals surface area contributed by atoms with Gasteiger partial charge in [0.1, 0.15) is 0 Å². The minimum absolute atomic E-state index is 0.114. The van der Waals surface area contributed by atoms with E-state index in [2.05, 4.69) is 15.5 Å². The smallest absolute Gasteiger partial charge is 0.313 e. The summed E-state index contributed by atoms with van der Waals surface area (Å²) in [5.74, 6) is 0.0468. The Kier molecular flexibility index (Phi) is 6.39. The van der Waals surface area contributed by atoms with Gasteiger partial charge in [0.25, 0.3) is 0 Å². The van der Waals surface area contributed by atoms with Crippen LogP contribution in [-0.2, 0) is 14.3 Å². The molecule has 2 aliphatic heterocycles. The fourth-order valence-corrected chi connectivity index (χ4v) is 3.97. The third kappa shape index (κ3) is 5.15. The van der Waals surface area contributed by atoms with Gasteiger partial charge in [-0.3, -0.25) is 14.5 Å². The zero-order valence-corrected chi connectivity index (χ0v) is 17.8. The highest BCUT2D eigenvalue weighted by Crippen LogP contribution is 2.35. The molecule has 2 aromatic carbocycles. The molecule has 1 atom stereocenters. The number of carbonyl (C=O) groups is 2. The monoisotopic (exact) mass is 425 g/mol. The van der Waals surface area contributed by atoms with Crippen LogP contribution in [0.1, 0.15) is 22.7 Å². The highest BCUT2D eigenvalue weighted by molar-refractivity contribution is 6.39. The van der Waals surface area contributed by atoms with Crippen molar-refractivity contribution in [1.82, 2.24) is 10.2 Å². The van der Waals surface area contributed by atoms with Gasteiger partial charge in [0.15, 0.2) is 11.5 Å². The molecule has 31 heavy (non-hydrogen) atoms. The van der Waals surface area contributed by atoms with Crippen LogP contribution in [0, 0.1) is 13.8 Å². The summed E-state index contributed by atoms with van der Waals surface area (Å²) in [6, 6.07) is 11.3. The topological polar surface area (TPSA) is 89.1 Å². The molecule has 8 heteroatoms. The standard InChI is InChI=1S/C23H27N3O5/c1-15-9-16(2)11-18(10-15)25-23(28)22(27)24-13-19(26-5-7-29-8-6-26)17-3-4-20-21(12-17)31-14-30-20/h3-4,9-12,19H,5-8,13-14H2,1-2H3,(H,24,27)(H,25,28). The third-order valence-corrected chi connectivity index (χ3v) is 5.41. The minimum atomic E-state index is -0.684. The zero-order valence-electron chi connectivity index (χ0n) is 17.8. The highest BCUT2D eigenvalue weighted by atomic mass is 16.7. The van der Waals surface area contributed by atoms with Crippen LogP contribution >= 0.6 is 0 Å². The van der Waals surface area contributed by atoms with E-state index in [9.17, 15) is 9.59 Å². The lowest BCUT2D eigenvalue weighted by molar-refractivity contribution is -0.136. The molecule has 2 amide bonds. The number of carbonyl (C=O) groups excluding carboxylic acids is 2. The third-order valence-electron chi connectivity index (χ3n) is 5.41. The average molecular weight is 425 g/mol. The van der Waals surface area contributed by atoms with E-state index in [0.717, 1.165) is 29.8 Å². The van der Waals surface area contributed by atoms with Gasteiger partial charge in [-0.1, -0.05) is 12.1 Å². The van der Waals surface area contributed by atoms with Crippen molar-refractivity contribution in [3.63, 3.8) is 0 Å². The van der Waals surface area contributed by atoms with Crippen molar-refractivity contribution in [2.45, 2.75) is 19.9 Å². The molecule has 1 unspecified atom stereocenters. The SMILES string of the molecule is Cc1cc(C)cc(NC(=O)C(=O)NCC(c2ccc3c(c2)OCO3)N2CCOCC2)c1. The van der Waals surface area contributed by atoms with E-state index in [4.69, 9.17) is 14.2 Å². The Morgan fingerprint density at radius 2 is 1.68 bits per heavy atom. The molecule has 2 heterocycles. The number of aryl methyl sites for hydroxylation is 2. The van der Waals surface area contributed by atoms with Crippen molar-refractivity contribution in [1.29, 1.82) is 0 Å². The lowest BCUT2D eigenvalue weighted by Crippen LogP contribution is -2.45. The Bertz CT molecular complexity index is 951. The van der Waals surface area contributed by atoms with E-state index in [1.54, 1.807) is 0 Å². The largest absolute Gasteiger partial charge is 0.454 e. The van der Waals surface area contributed by atoms with E-state index in [0.29, 0.717) is 36.9 Å². The molecule has 1 saturated heterocycles. The van der Waals surface area contributed by atoms with Gasteiger partial charge < -0.3 is 24.8 Å². The van der Waals surface area contributed by atoms with Gasteiger partial charge in [0.05, 0.1) is 19.3 Å². The predicted molar refractivity (Wildman–Crippen MR) is 115 cm³/mol. The van der Waals surface area contributed by atoms with Crippen molar-refractivity contribution in [3.05, 3.63) is 53.1 Å². The van der Waals surface area contributed by atoms with Gasteiger partial charge in [-0.2, -0.15) is 0 Å². The Labute approximate surface area is 181 Å². The first-order valence-corrected chi connectivity index (χ1v) is 10.4. The average Bonchev–Trinajstić information content (AvgIpc) is 3.22. The molecular formula is C23H27N3O5. The number of nitrogens with zero attached hydrogens (tertiary/aromatic N) is 1. The summed E-state index contributed by atoms with van der Waals surface area (Å²) >= 11 is 0. The van der Waals surface area contributed by atoms with E-state index in [1.165, 1.54) is 0 Å². The van der Waals surface area contributed by atoms with Gasteiger partial charge >= 0.3 is 11.8 Å². The molecule has 0 spiro atoms. The minimum Gasteiger partial charge on any atom is -0.454 e. The van der Waals surface area contributed by atoms with Crippen LogP contribution in [0.3, 0.4) is 0 Å². The highest BCUT2D eigenvalue weighted by Gasteiger charge is 2.26. The number of amides is 2. The number of morpholine rings is 1. The summed E-state index contributed by atoms with van der Waals surface area (Å²) in [5.41, 5.74) is 3.64. The normalized spacial score (nSPS) is 16.6. The molecule has 164 valence electrons. The number of benzene rings is 2. The van der Waals surface area contributed by atoms with Crippen molar-refractivity contribution >= 4 is 17.5 Å². The second-order valence-electron chi connectivity index (χ2n) is 7.82. The van der Waals surface area contributed by atoms with Crippen LogP contribution in [0.5, 0.6) is 11.5 Å². The maximum atomic E-state index is 12.5. The van der Waals surface area contributed by atoms with E-state index in [-0.39, 0.29) is 12.8 Å². The first-order chi connectivity index (χ1) is 15.0. The maximum Gasteiger partial charge on any atom is 0.313 e. The predicted octanol–water partition coefficient (Wildman–Crippen LogP) is 2.16. The van der Waals surface area contributed by atoms with Gasteiger partial charge in [0, 0.05) is 25.3 Å². The van der Waals surface area contributed by atoms with E-state index in [1.807, 2.05) is 50.2 Å². The number of nitrogens with one attached hydrogen (secondary N) is 2. The fourth-order valence-electron chi connectivity index (χ4n) is 3.97. The molecule has 0 radical (unpaired) electrons.